The predicted octanol–water partition coefficient (Wildman–Crippen LogP) is 10.1. The zero-order valence-electron chi connectivity index (χ0n) is 20.5. The molecule has 0 unspecified atom stereocenters. The van der Waals surface area contributed by atoms with Gasteiger partial charge in [0.25, 0.3) is 0 Å². The van der Waals surface area contributed by atoms with Crippen molar-refractivity contribution in [2.75, 3.05) is 0 Å². The fraction of sp³-hybridized carbons (Fsp3) is 0. The van der Waals surface area contributed by atoms with Gasteiger partial charge in [-0.1, -0.05) is 109 Å². The van der Waals surface area contributed by atoms with Crippen LogP contribution in [0.25, 0.3) is 81.7 Å². The average Bonchev–Trinajstić information content (AvgIpc) is 3.54. The molecule has 0 radical (unpaired) electrons. The fourth-order valence-electron chi connectivity index (χ4n) is 6.51. The zero-order valence-corrected chi connectivity index (χ0v) is 20.5. The summed E-state index contributed by atoms with van der Waals surface area (Å²) in [5.41, 5.74) is 5.33. The Morgan fingerprint density at radius 1 is 0.421 bits per heavy atom. The molecule has 0 N–H and O–H groups in total. The van der Waals surface area contributed by atoms with E-state index in [4.69, 9.17) is 4.42 Å². The number of nitrogens with zero attached hydrogens (tertiary/aromatic N) is 1. The summed E-state index contributed by atoms with van der Waals surface area (Å²) < 4.78 is 9.19. The first-order valence-corrected chi connectivity index (χ1v) is 13.0. The number of para-hydroxylation sites is 1. The van der Waals surface area contributed by atoms with Crippen molar-refractivity contribution < 1.29 is 4.42 Å². The van der Waals surface area contributed by atoms with Gasteiger partial charge in [0.2, 0.25) is 0 Å². The van der Waals surface area contributed by atoms with E-state index < -0.39 is 0 Å². The van der Waals surface area contributed by atoms with Crippen molar-refractivity contribution >= 4 is 76.1 Å². The van der Waals surface area contributed by atoms with Crippen LogP contribution < -0.4 is 0 Å². The Morgan fingerprint density at radius 2 is 1.05 bits per heavy atom. The molecule has 2 nitrogen and oxygen atoms in total. The van der Waals surface area contributed by atoms with Crippen LogP contribution in [0, 0.1) is 0 Å². The molecule has 2 heteroatoms. The summed E-state index contributed by atoms with van der Waals surface area (Å²) >= 11 is 0. The van der Waals surface area contributed by atoms with Crippen LogP contribution in [0.3, 0.4) is 0 Å². The lowest BCUT2D eigenvalue weighted by Gasteiger charge is -2.12. The van der Waals surface area contributed by atoms with Crippen molar-refractivity contribution in [2.24, 2.45) is 0 Å². The molecule has 0 atom stereocenters. The molecule has 7 aromatic carbocycles. The van der Waals surface area contributed by atoms with Gasteiger partial charge in [0, 0.05) is 32.6 Å². The van der Waals surface area contributed by atoms with E-state index in [-0.39, 0.29) is 0 Å². The van der Waals surface area contributed by atoms with Gasteiger partial charge in [0.15, 0.2) is 5.58 Å². The van der Waals surface area contributed by atoms with Crippen LogP contribution in [0.1, 0.15) is 0 Å². The van der Waals surface area contributed by atoms with Crippen LogP contribution >= 0.6 is 0 Å². The highest BCUT2D eigenvalue weighted by Gasteiger charge is 2.23. The largest absolute Gasteiger partial charge is 0.454 e. The molecule has 0 aliphatic heterocycles. The monoisotopic (exact) mass is 483 g/mol. The number of aromatic nitrogens is 1. The van der Waals surface area contributed by atoms with Crippen LogP contribution in [0.4, 0.5) is 0 Å². The van der Waals surface area contributed by atoms with Crippen molar-refractivity contribution in [3.8, 4) is 5.69 Å². The highest BCUT2D eigenvalue weighted by atomic mass is 16.3. The van der Waals surface area contributed by atoms with Gasteiger partial charge < -0.3 is 8.98 Å². The van der Waals surface area contributed by atoms with E-state index in [1.807, 2.05) is 0 Å². The van der Waals surface area contributed by atoms with Gasteiger partial charge in [0.05, 0.1) is 11.0 Å². The minimum Gasteiger partial charge on any atom is -0.454 e. The van der Waals surface area contributed by atoms with Crippen molar-refractivity contribution in [1.29, 1.82) is 0 Å². The SMILES string of the molecule is c1ccc2cc(-n3c4c5ccccc5ccc4c4c5ccccc5c5c6ccccc6oc5c43)ccc2c1. The van der Waals surface area contributed by atoms with Gasteiger partial charge in [0.1, 0.15) is 5.58 Å². The van der Waals surface area contributed by atoms with E-state index in [1.165, 1.54) is 54.0 Å². The van der Waals surface area contributed by atoms with E-state index in [9.17, 15) is 0 Å². The maximum Gasteiger partial charge on any atom is 0.160 e. The second-order valence-electron chi connectivity index (χ2n) is 10.1. The summed E-state index contributed by atoms with van der Waals surface area (Å²) in [5, 5.41) is 12.2. The number of hydrogen-bond donors (Lipinski definition) is 0. The molecule has 0 fully saturated rings. The molecule has 2 aromatic heterocycles. The van der Waals surface area contributed by atoms with Gasteiger partial charge in [-0.3, -0.25) is 0 Å². The van der Waals surface area contributed by atoms with E-state index >= 15 is 0 Å². The average molecular weight is 484 g/mol. The fourth-order valence-corrected chi connectivity index (χ4v) is 6.51. The number of furan rings is 1. The molecule has 9 rings (SSSR count). The molecule has 176 valence electrons. The molecular formula is C36H21NO. The number of hydrogen-bond acceptors (Lipinski definition) is 1. The molecule has 0 aliphatic carbocycles. The van der Waals surface area contributed by atoms with Crippen LogP contribution in [0.5, 0.6) is 0 Å². The maximum atomic E-state index is 6.74. The third-order valence-electron chi connectivity index (χ3n) is 8.12. The lowest BCUT2D eigenvalue weighted by Crippen LogP contribution is -1.95. The Kier molecular flexibility index (Phi) is 3.82. The molecule has 0 spiro atoms. The summed E-state index contributed by atoms with van der Waals surface area (Å²) in [6.07, 6.45) is 0. The highest BCUT2D eigenvalue weighted by molar-refractivity contribution is 6.36. The molecule has 2 heterocycles. The predicted molar refractivity (Wildman–Crippen MR) is 161 cm³/mol. The van der Waals surface area contributed by atoms with Crippen molar-refractivity contribution in [1.82, 2.24) is 4.57 Å². The van der Waals surface area contributed by atoms with Crippen LogP contribution in [-0.4, -0.2) is 4.57 Å². The minimum atomic E-state index is 0.917. The molecule has 0 amide bonds. The number of benzene rings is 7. The molecule has 0 aliphatic rings. The summed E-state index contributed by atoms with van der Waals surface area (Å²) in [6.45, 7) is 0. The molecular weight excluding hydrogens is 462 g/mol. The summed E-state index contributed by atoms with van der Waals surface area (Å²) in [7, 11) is 0. The first kappa shape index (κ1) is 20.0. The molecule has 0 bridgehead atoms. The molecule has 0 saturated heterocycles. The Balaban J connectivity index is 1.64. The second-order valence-corrected chi connectivity index (χ2v) is 10.1. The third kappa shape index (κ3) is 2.51. The summed E-state index contributed by atoms with van der Waals surface area (Å²) in [4.78, 5) is 0. The van der Waals surface area contributed by atoms with E-state index in [2.05, 4.69) is 132 Å². The Bertz CT molecular complexity index is 2400. The normalized spacial score (nSPS) is 12.2. The Morgan fingerprint density at radius 3 is 1.89 bits per heavy atom. The standard InChI is InChI=1S/C36H21NO/c1-2-11-24-21-25(19-17-22(24)9-1)37-34-26-12-4-3-10-23(26)18-20-30(34)32-27-13-5-6-14-28(27)33-29-15-7-8-16-31(29)38-36(33)35(32)37/h1-21H. The molecule has 0 saturated carbocycles. The minimum absolute atomic E-state index is 0.917. The van der Waals surface area contributed by atoms with Gasteiger partial charge in [-0.05, 0) is 45.1 Å². The van der Waals surface area contributed by atoms with Gasteiger partial charge >= 0.3 is 0 Å². The van der Waals surface area contributed by atoms with Crippen LogP contribution in [-0.2, 0) is 0 Å². The van der Waals surface area contributed by atoms with Crippen molar-refractivity contribution in [2.45, 2.75) is 0 Å². The summed E-state index contributed by atoms with van der Waals surface area (Å²) in [5.74, 6) is 0. The van der Waals surface area contributed by atoms with Crippen molar-refractivity contribution in [3.05, 3.63) is 127 Å². The quantitative estimate of drug-likeness (QED) is 0.227. The molecule has 38 heavy (non-hydrogen) atoms. The van der Waals surface area contributed by atoms with E-state index in [0.717, 1.165) is 27.8 Å². The smallest absolute Gasteiger partial charge is 0.160 e. The highest BCUT2D eigenvalue weighted by Crippen LogP contribution is 2.47. The third-order valence-corrected chi connectivity index (χ3v) is 8.12. The number of fused-ring (bicyclic) bond motifs is 13. The lowest BCUT2D eigenvalue weighted by molar-refractivity contribution is 0.671. The maximum absolute atomic E-state index is 6.74. The van der Waals surface area contributed by atoms with E-state index in [1.54, 1.807) is 0 Å². The number of rotatable bonds is 1. The first-order chi connectivity index (χ1) is 18.9. The van der Waals surface area contributed by atoms with Gasteiger partial charge in [-0.15, -0.1) is 0 Å². The van der Waals surface area contributed by atoms with Gasteiger partial charge in [-0.25, -0.2) is 0 Å². The summed E-state index contributed by atoms with van der Waals surface area (Å²) in [6, 6.07) is 45.8. The van der Waals surface area contributed by atoms with Crippen LogP contribution in [0.2, 0.25) is 0 Å². The lowest BCUT2D eigenvalue weighted by atomic mass is 9.98. The first-order valence-electron chi connectivity index (χ1n) is 13.0. The Hall–Kier alpha value is -5.08. The second kappa shape index (κ2) is 7.24. The van der Waals surface area contributed by atoms with E-state index in [0.29, 0.717) is 0 Å². The zero-order chi connectivity index (χ0) is 24.8. The van der Waals surface area contributed by atoms with Crippen LogP contribution in [0.15, 0.2) is 132 Å². The van der Waals surface area contributed by atoms with Gasteiger partial charge in [-0.2, -0.15) is 0 Å². The molecule has 9 aromatic rings. The van der Waals surface area contributed by atoms with Crippen molar-refractivity contribution in [3.63, 3.8) is 0 Å². The topological polar surface area (TPSA) is 18.1 Å². The Labute approximate surface area is 217 Å².